The van der Waals surface area contributed by atoms with Crippen molar-refractivity contribution in [1.29, 1.82) is 0 Å². The monoisotopic (exact) mass is 411 g/mol. The molecule has 3 aromatic rings. The molecular weight excluding hydrogens is 390 g/mol. The third kappa shape index (κ3) is 3.36. The molecule has 0 bridgehead atoms. The molecule has 0 spiro atoms. The third-order valence-corrected chi connectivity index (χ3v) is 5.92. The summed E-state index contributed by atoms with van der Waals surface area (Å²) in [5, 5.41) is 15.0. The molecule has 0 amide bonds. The van der Waals surface area contributed by atoms with Gasteiger partial charge in [0.05, 0.1) is 17.4 Å². The van der Waals surface area contributed by atoms with Crippen LogP contribution in [0.3, 0.4) is 0 Å². The molecule has 4 rings (SSSR count). The molecule has 0 saturated carbocycles. The van der Waals surface area contributed by atoms with Crippen LogP contribution in [0.4, 0.5) is 0 Å². The highest BCUT2D eigenvalue weighted by Gasteiger charge is 2.26. The van der Waals surface area contributed by atoms with Crippen LogP contribution >= 0.6 is 15.9 Å². The van der Waals surface area contributed by atoms with Gasteiger partial charge in [-0.15, -0.1) is 0 Å². The van der Waals surface area contributed by atoms with E-state index in [-0.39, 0.29) is 0 Å². The van der Waals surface area contributed by atoms with Crippen LogP contribution in [0.25, 0.3) is 11.3 Å². The standard InChI is InChI=1S/C22H22BrNO2/c1-14-21(22(26-24-14)17-8-11-18(23)12-9-17)20(25)13-10-16-7-6-15-4-2-3-5-19(15)16/h2-5,8-9,11-12,16,20,25H,6-7,10,13H2,1H3/t16-,20?/m1/s1. The molecular formula is C22H22BrNO2. The first-order valence-corrected chi connectivity index (χ1v) is 9.90. The van der Waals surface area contributed by atoms with Gasteiger partial charge in [0.2, 0.25) is 0 Å². The summed E-state index contributed by atoms with van der Waals surface area (Å²) in [4.78, 5) is 0. The summed E-state index contributed by atoms with van der Waals surface area (Å²) in [7, 11) is 0. The van der Waals surface area contributed by atoms with Gasteiger partial charge in [-0.3, -0.25) is 0 Å². The number of aliphatic hydroxyl groups excluding tert-OH is 1. The Morgan fingerprint density at radius 3 is 2.77 bits per heavy atom. The smallest absolute Gasteiger partial charge is 0.172 e. The van der Waals surface area contributed by atoms with Crippen molar-refractivity contribution in [3.05, 3.63) is 75.4 Å². The van der Waals surface area contributed by atoms with Crippen LogP contribution in [0.1, 0.15) is 53.7 Å². The Morgan fingerprint density at radius 2 is 1.96 bits per heavy atom. The number of hydrogen-bond acceptors (Lipinski definition) is 3. The van der Waals surface area contributed by atoms with Crippen LogP contribution in [0.2, 0.25) is 0 Å². The Labute approximate surface area is 162 Å². The topological polar surface area (TPSA) is 46.3 Å². The molecule has 1 aliphatic carbocycles. The van der Waals surface area contributed by atoms with E-state index < -0.39 is 6.10 Å². The zero-order valence-electron chi connectivity index (χ0n) is 14.8. The summed E-state index contributed by atoms with van der Waals surface area (Å²) in [6.07, 6.45) is 3.45. The Morgan fingerprint density at radius 1 is 1.19 bits per heavy atom. The van der Waals surface area contributed by atoms with Crippen molar-refractivity contribution in [2.45, 2.75) is 44.6 Å². The summed E-state index contributed by atoms with van der Waals surface area (Å²) in [6.45, 7) is 1.90. The molecule has 3 nitrogen and oxygen atoms in total. The van der Waals surface area contributed by atoms with Gasteiger partial charge >= 0.3 is 0 Å². The van der Waals surface area contributed by atoms with Crippen LogP contribution in [0.15, 0.2) is 57.5 Å². The van der Waals surface area contributed by atoms with E-state index in [1.807, 2.05) is 31.2 Å². The number of benzene rings is 2. The zero-order valence-corrected chi connectivity index (χ0v) is 16.4. The van der Waals surface area contributed by atoms with Crippen LogP contribution < -0.4 is 0 Å². The van der Waals surface area contributed by atoms with Crippen LogP contribution in [-0.2, 0) is 6.42 Å². The second-order valence-corrected chi connectivity index (χ2v) is 7.96. The number of nitrogens with zero attached hydrogens (tertiary/aromatic N) is 1. The predicted octanol–water partition coefficient (Wildman–Crippen LogP) is 5.96. The Kier molecular flexibility index (Phi) is 4.96. The average molecular weight is 412 g/mol. The summed E-state index contributed by atoms with van der Waals surface area (Å²) in [5.41, 5.74) is 5.44. The Bertz CT molecular complexity index is 901. The Hall–Kier alpha value is -1.91. The van der Waals surface area contributed by atoms with Gasteiger partial charge in [-0.1, -0.05) is 57.5 Å². The first-order valence-electron chi connectivity index (χ1n) is 9.11. The maximum atomic E-state index is 10.9. The predicted molar refractivity (Wildman–Crippen MR) is 106 cm³/mol. The van der Waals surface area contributed by atoms with Gasteiger partial charge in [0.15, 0.2) is 5.76 Å². The SMILES string of the molecule is Cc1noc(-c2ccc(Br)cc2)c1C(O)CC[C@H]1CCc2ccccc21. The van der Waals surface area contributed by atoms with E-state index in [9.17, 15) is 5.11 Å². The highest BCUT2D eigenvalue weighted by Crippen LogP contribution is 2.39. The summed E-state index contributed by atoms with van der Waals surface area (Å²) in [6, 6.07) is 16.6. The number of hydrogen-bond donors (Lipinski definition) is 1. The molecule has 4 heteroatoms. The average Bonchev–Trinajstić information content (AvgIpc) is 3.24. The van der Waals surface area contributed by atoms with Gasteiger partial charge in [-0.05, 0) is 61.8 Å². The fraction of sp³-hybridized carbons (Fsp3) is 0.318. The minimum absolute atomic E-state index is 0.539. The maximum Gasteiger partial charge on any atom is 0.172 e. The summed E-state index contributed by atoms with van der Waals surface area (Å²) >= 11 is 3.45. The van der Waals surface area contributed by atoms with Gasteiger partial charge in [0.25, 0.3) is 0 Å². The molecule has 1 aromatic heterocycles. The minimum atomic E-state index is -0.562. The normalized spacial score (nSPS) is 17.3. The third-order valence-electron chi connectivity index (χ3n) is 5.39. The first kappa shape index (κ1) is 17.5. The second kappa shape index (κ2) is 7.37. The molecule has 0 aliphatic heterocycles. The van der Waals surface area contributed by atoms with Crippen molar-refractivity contribution in [2.24, 2.45) is 0 Å². The van der Waals surface area contributed by atoms with Crippen LogP contribution in [-0.4, -0.2) is 10.3 Å². The molecule has 1 heterocycles. The number of rotatable bonds is 5. The lowest BCUT2D eigenvalue weighted by Crippen LogP contribution is -2.03. The molecule has 26 heavy (non-hydrogen) atoms. The molecule has 0 fully saturated rings. The molecule has 2 aromatic carbocycles. The lowest BCUT2D eigenvalue weighted by molar-refractivity contribution is 0.160. The quantitative estimate of drug-likeness (QED) is 0.563. The van der Waals surface area contributed by atoms with Gasteiger partial charge in [0, 0.05) is 10.0 Å². The van der Waals surface area contributed by atoms with Gasteiger partial charge in [0.1, 0.15) is 0 Å². The van der Waals surface area contributed by atoms with E-state index in [0.717, 1.165) is 34.1 Å². The second-order valence-electron chi connectivity index (χ2n) is 7.05. The zero-order chi connectivity index (χ0) is 18.1. The van der Waals surface area contributed by atoms with Crippen molar-refractivity contribution in [2.75, 3.05) is 0 Å². The summed E-state index contributed by atoms with van der Waals surface area (Å²) in [5.74, 6) is 1.21. The molecule has 1 aliphatic rings. The van der Waals surface area contributed by atoms with E-state index in [1.54, 1.807) is 0 Å². The highest BCUT2D eigenvalue weighted by molar-refractivity contribution is 9.10. The fourth-order valence-corrected chi connectivity index (χ4v) is 4.29. The molecule has 2 atom stereocenters. The van der Waals surface area contributed by atoms with Gasteiger partial charge in [-0.25, -0.2) is 0 Å². The van der Waals surface area contributed by atoms with Gasteiger partial charge < -0.3 is 9.63 Å². The van der Waals surface area contributed by atoms with Crippen molar-refractivity contribution >= 4 is 15.9 Å². The van der Waals surface area contributed by atoms with E-state index in [4.69, 9.17) is 4.52 Å². The molecule has 0 saturated heterocycles. The van der Waals surface area contributed by atoms with Gasteiger partial charge in [-0.2, -0.15) is 0 Å². The minimum Gasteiger partial charge on any atom is -0.388 e. The van der Waals surface area contributed by atoms with Crippen molar-refractivity contribution in [1.82, 2.24) is 5.16 Å². The first-order chi connectivity index (χ1) is 12.6. The van der Waals surface area contributed by atoms with Crippen molar-refractivity contribution in [3.8, 4) is 11.3 Å². The molecule has 134 valence electrons. The number of aryl methyl sites for hydroxylation is 2. The fourth-order valence-electron chi connectivity index (χ4n) is 4.03. The van der Waals surface area contributed by atoms with Crippen LogP contribution in [0.5, 0.6) is 0 Å². The van der Waals surface area contributed by atoms with Crippen molar-refractivity contribution < 1.29 is 9.63 Å². The molecule has 1 N–H and O–H groups in total. The number of aromatic nitrogens is 1. The largest absolute Gasteiger partial charge is 0.388 e. The number of halogens is 1. The highest BCUT2D eigenvalue weighted by atomic mass is 79.9. The number of aliphatic hydroxyl groups is 1. The molecule has 1 unspecified atom stereocenters. The maximum absolute atomic E-state index is 10.9. The van der Waals surface area contributed by atoms with Crippen LogP contribution in [0, 0.1) is 6.92 Å². The van der Waals surface area contributed by atoms with E-state index in [2.05, 4.69) is 45.4 Å². The van der Waals surface area contributed by atoms with Crippen molar-refractivity contribution in [3.63, 3.8) is 0 Å². The van der Waals surface area contributed by atoms with E-state index in [0.29, 0.717) is 18.1 Å². The Balaban J connectivity index is 1.51. The van der Waals surface area contributed by atoms with E-state index in [1.165, 1.54) is 17.5 Å². The lowest BCUT2D eigenvalue weighted by Gasteiger charge is -2.16. The van der Waals surface area contributed by atoms with E-state index >= 15 is 0 Å². The molecule has 0 radical (unpaired) electrons. The summed E-state index contributed by atoms with van der Waals surface area (Å²) < 4.78 is 6.56. The lowest BCUT2D eigenvalue weighted by atomic mass is 9.92. The number of fused-ring (bicyclic) bond motifs is 1.